The minimum absolute atomic E-state index is 0.00654. The molecule has 0 aliphatic carbocycles. The number of fused-ring (bicyclic) bond motifs is 1. The van der Waals surface area contributed by atoms with Crippen LogP contribution in [0, 0.1) is 11.6 Å². The van der Waals surface area contributed by atoms with Gasteiger partial charge in [0.2, 0.25) is 0 Å². The Labute approximate surface area is 260 Å². The number of amides is 2. The fourth-order valence-electron chi connectivity index (χ4n) is 4.94. The van der Waals surface area contributed by atoms with Gasteiger partial charge in [-0.1, -0.05) is 18.2 Å². The topological polar surface area (TPSA) is 131 Å². The minimum atomic E-state index is -3.56. The lowest BCUT2D eigenvalue weighted by Gasteiger charge is -2.14. The van der Waals surface area contributed by atoms with Crippen molar-refractivity contribution in [3.8, 4) is 16.1 Å². The number of nitrogens with zero attached hydrogens (tertiary/aromatic N) is 2. The molecule has 5 rings (SSSR count). The summed E-state index contributed by atoms with van der Waals surface area (Å²) < 4.78 is 55.8. The van der Waals surface area contributed by atoms with Gasteiger partial charge in [-0.3, -0.25) is 9.36 Å². The molecule has 45 heavy (non-hydrogen) atoms. The van der Waals surface area contributed by atoms with Crippen LogP contribution in [0.2, 0.25) is 0 Å². The van der Waals surface area contributed by atoms with Gasteiger partial charge < -0.3 is 16.0 Å². The summed E-state index contributed by atoms with van der Waals surface area (Å²) in [5, 5.41) is 8.59. The van der Waals surface area contributed by atoms with Gasteiger partial charge in [0.1, 0.15) is 16.5 Å². The van der Waals surface area contributed by atoms with Crippen molar-refractivity contribution in [2.75, 3.05) is 25.2 Å². The number of anilines is 1. The Balaban J connectivity index is 1.78. The molecular weight excluding hydrogens is 625 g/mol. The van der Waals surface area contributed by atoms with Crippen molar-refractivity contribution >= 4 is 43.1 Å². The number of thiophene rings is 1. The molecule has 234 valence electrons. The van der Waals surface area contributed by atoms with Gasteiger partial charge in [-0.05, 0) is 73.6 Å². The fourth-order valence-corrected chi connectivity index (χ4v) is 6.88. The molecule has 0 aliphatic rings. The van der Waals surface area contributed by atoms with Gasteiger partial charge in [-0.15, -0.1) is 11.3 Å². The number of hydrogen-bond acceptors (Lipinski definition) is 7. The van der Waals surface area contributed by atoms with Crippen LogP contribution in [-0.4, -0.2) is 43.4 Å². The highest BCUT2D eigenvalue weighted by molar-refractivity contribution is 7.90. The van der Waals surface area contributed by atoms with Gasteiger partial charge >= 0.3 is 11.7 Å². The third-order valence-corrected chi connectivity index (χ3v) is 9.50. The summed E-state index contributed by atoms with van der Waals surface area (Å²) in [5.41, 5.74) is -0.0240. The molecule has 0 fully saturated rings. The molecule has 0 spiro atoms. The summed E-state index contributed by atoms with van der Waals surface area (Å²) in [5.74, 6) is -1.71. The molecule has 0 saturated heterocycles. The first-order valence-corrected chi connectivity index (χ1v) is 16.5. The molecule has 0 bridgehead atoms. The molecule has 5 aromatic rings. The second kappa shape index (κ2) is 12.8. The molecule has 0 saturated carbocycles. The average Bonchev–Trinajstić information content (AvgIpc) is 3.36. The predicted molar refractivity (Wildman–Crippen MR) is 171 cm³/mol. The van der Waals surface area contributed by atoms with Crippen molar-refractivity contribution in [3.05, 3.63) is 110 Å². The molecule has 10 nitrogen and oxygen atoms in total. The quantitative estimate of drug-likeness (QED) is 0.215. The lowest BCUT2D eigenvalue weighted by molar-refractivity contribution is 0.252. The Hall–Kier alpha value is -4.66. The first-order chi connectivity index (χ1) is 21.4. The van der Waals surface area contributed by atoms with E-state index in [-0.39, 0.29) is 38.9 Å². The molecule has 2 aromatic heterocycles. The van der Waals surface area contributed by atoms with E-state index in [9.17, 15) is 31.6 Å². The molecule has 2 amide bonds. The van der Waals surface area contributed by atoms with Gasteiger partial charge in [-0.2, -0.15) is 0 Å². The first kappa shape index (κ1) is 31.8. The lowest BCUT2D eigenvalue weighted by atomic mass is 10.1. The number of benzene rings is 3. The number of halogens is 2. The van der Waals surface area contributed by atoms with Crippen LogP contribution >= 0.6 is 11.3 Å². The van der Waals surface area contributed by atoms with Crippen LogP contribution in [0.25, 0.3) is 26.3 Å². The maximum Gasteiger partial charge on any atom is 0.337 e. The Kier molecular flexibility index (Phi) is 9.00. The third kappa shape index (κ3) is 6.30. The Morgan fingerprint density at radius 1 is 0.933 bits per heavy atom. The second-order valence-electron chi connectivity index (χ2n) is 10.2. The zero-order chi connectivity index (χ0) is 32.5. The summed E-state index contributed by atoms with van der Waals surface area (Å²) >= 11 is 1.13. The van der Waals surface area contributed by atoms with Crippen molar-refractivity contribution in [3.63, 3.8) is 0 Å². The van der Waals surface area contributed by atoms with Gasteiger partial charge in [0.25, 0.3) is 5.56 Å². The van der Waals surface area contributed by atoms with E-state index in [4.69, 9.17) is 0 Å². The molecule has 0 aliphatic heterocycles. The fraction of sp³-hybridized carbons (Fsp3) is 0.194. The van der Waals surface area contributed by atoms with Gasteiger partial charge in [0.05, 0.1) is 22.5 Å². The summed E-state index contributed by atoms with van der Waals surface area (Å²) in [4.78, 5) is 41.0. The number of rotatable bonds is 9. The number of urea groups is 1. The van der Waals surface area contributed by atoms with Crippen LogP contribution in [0.3, 0.4) is 0 Å². The van der Waals surface area contributed by atoms with Crippen molar-refractivity contribution in [1.29, 1.82) is 0 Å². The largest absolute Gasteiger partial charge is 0.338 e. The molecule has 2 heterocycles. The standard InChI is InChI=1S/C31H29F2N5O5S2/c1-4-35-30(40)36-19-10-8-18(9-11-19)27-22(16-34-2)26-28(39)38(20-12-14-21(15-13-20)45(3,42)43)31(41)37(29(26)44-27)17-23-24(32)6-5-7-25(23)33/h5-15,34H,4,16-17H2,1-3H3,(H2,35,36,40). The number of hydrogen-bond donors (Lipinski definition) is 3. The smallest absolute Gasteiger partial charge is 0.337 e. The maximum atomic E-state index is 14.9. The molecule has 3 aromatic carbocycles. The van der Waals surface area contributed by atoms with Crippen molar-refractivity contribution in [2.45, 2.75) is 24.9 Å². The highest BCUT2D eigenvalue weighted by atomic mass is 32.2. The van der Waals surface area contributed by atoms with Crippen LogP contribution in [-0.2, 0) is 22.9 Å². The van der Waals surface area contributed by atoms with E-state index in [0.717, 1.165) is 38.9 Å². The third-order valence-electron chi connectivity index (χ3n) is 7.07. The number of carbonyl (C=O) groups is 1. The molecule has 0 atom stereocenters. The van der Waals surface area contributed by atoms with E-state index in [1.165, 1.54) is 30.3 Å². The highest BCUT2D eigenvalue weighted by Gasteiger charge is 2.25. The Morgan fingerprint density at radius 3 is 2.16 bits per heavy atom. The summed E-state index contributed by atoms with van der Waals surface area (Å²) in [6.07, 6.45) is 1.04. The van der Waals surface area contributed by atoms with Crippen LogP contribution in [0.5, 0.6) is 0 Å². The van der Waals surface area contributed by atoms with E-state index in [2.05, 4.69) is 16.0 Å². The summed E-state index contributed by atoms with van der Waals surface area (Å²) in [6.45, 7) is 1.95. The molecule has 14 heteroatoms. The second-order valence-corrected chi connectivity index (χ2v) is 13.2. The average molecular weight is 654 g/mol. The first-order valence-electron chi connectivity index (χ1n) is 13.8. The minimum Gasteiger partial charge on any atom is -0.338 e. The number of nitrogens with one attached hydrogen (secondary N) is 3. The molecule has 3 N–H and O–H groups in total. The maximum absolute atomic E-state index is 14.9. The van der Waals surface area contributed by atoms with Gasteiger partial charge in [0.15, 0.2) is 9.84 Å². The van der Waals surface area contributed by atoms with E-state index < -0.39 is 39.3 Å². The number of aromatic nitrogens is 2. The normalized spacial score (nSPS) is 11.6. The number of sulfone groups is 1. The van der Waals surface area contributed by atoms with Crippen molar-refractivity contribution in [1.82, 2.24) is 19.8 Å². The SMILES string of the molecule is CCNC(=O)Nc1ccc(-c2sc3c(c2CNC)c(=O)n(-c2ccc(S(C)(=O)=O)cc2)c(=O)n3Cc2c(F)cccc2F)cc1. The number of carbonyl (C=O) groups excluding carboxylic acids is 1. The van der Waals surface area contributed by atoms with E-state index in [1.54, 1.807) is 38.2 Å². The van der Waals surface area contributed by atoms with Gasteiger partial charge in [-0.25, -0.2) is 31.4 Å². The molecular formula is C31H29F2N5O5S2. The Morgan fingerprint density at radius 2 is 1.58 bits per heavy atom. The highest BCUT2D eigenvalue weighted by Crippen LogP contribution is 2.38. The van der Waals surface area contributed by atoms with Crippen molar-refractivity contribution in [2.24, 2.45) is 0 Å². The van der Waals surface area contributed by atoms with Crippen molar-refractivity contribution < 1.29 is 22.0 Å². The zero-order valence-corrected chi connectivity index (χ0v) is 26.1. The summed E-state index contributed by atoms with van der Waals surface area (Å²) in [6, 6.07) is 15.2. The lowest BCUT2D eigenvalue weighted by Crippen LogP contribution is -2.39. The molecule has 0 radical (unpaired) electrons. The summed E-state index contributed by atoms with van der Waals surface area (Å²) in [7, 11) is -1.86. The van der Waals surface area contributed by atoms with Crippen LogP contribution in [0.15, 0.2) is 81.2 Å². The van der Waals surface area contributed by atoms with Crippen LogP contribution in [0.4, 0.5) is 19.3 Å². The molecule has 0 unspecified atom stereocenters. The predicted octanol–water partition coefficient (Wildman–Crippen LogP) is 4.47. The van der Waals surface area contributed by atoms with Gasteiger partial charge in [0, 0.05) is 35.5 Å². The van der Waals surface area contributed by atoms with E-state index in [1.807, 2.05) is 0 Å². The van der Waals surface area contributed by atoms with E-state index in [0.29, 0.717) is 28.2 Å². The Bertz CT molecular complexity index is 2120. The zero-order valence-electron chi connectivity index (χ0n) is 24.5. The monoisotopic (exact) mass is 653 g/mol. The van der Waals surface area contributed by atoms with Crippen LogP contribution < -0.4 is 27.2 Å². The van der Waals surface area contributed by atoms with Crippen LogP contribution in [0.1, 0.15) is 18.1 Å². The van der Waals surface area contributed by atoms with E-state index >= 15 is 0 Å².